The molecule has 4 heteroatoms. The molecule has 3 nitrogen and oxygen atoms in total. The van der Waals surface area contributed by atoms with E-state index in [0.717, 1.165) is 12.5 Å². The Bertz CT molecular complexity index is 191. The lowest BCUT2D eigenvalue weighted by Crippen LogP contribution is -2.30. The van der Waals surface area contributed by atoms with Gasteiger partial charge in [0.05, 0.1) is 6.61 Å². The molecule has 2 aliphatic heterocycles. The smallest absolute Gasteiger partial charge is 0.108 e. The summed E-state index contributed by atoms with van der Waals surface area (Å²) in [6, 6.07) is 0.545. The van der Waals surface area contributed by atoms with Crippen molar-refractivity contribution in [3.05, 3.63) is 0 Å². The minimum absolute atomic E-state index is 0. The first kappa shape index (κ1) is 13.2. The van der Waals surface area contributed by atoms with Crippen LogP contribution in [0.15, 0.2) is 0 Å². The van der Waals surface area contributed by atoms with Crippen molar-refractivity contribution in [1.29, 1.82) is 0 Å². The van der Waals surface area contributed by atoms with E-state index in [1.807, 2.05) is 0 Å². The molecule has 2 fully saturated rings. The number of nitrogens with one attached hydrogen (secondary N) is 1. The third kappa shape index (κ3) is 3.59. The first-order valence-corrected chi connectivity index (χ1v) is 5.88. The van der Waals surface area contributed by atoms with Crippen molar-refractivity contribution in [1.82, 2.24) is 10.2 Å². The van der Waals surface area contributed by atoms with Gasteiger partial charge >= 0.3 is 0 Å². The van der Waals surface area contributed by atoms with Crippen LogP contribution in [0.3, 0.4) is 0 Å². The predicted molar refractivity (Wildman–Crippen MR) is 64.4 cm³/mol. The van der Waals surface area contributed by atoms with Gasteiger partial charge in [0.2, 0.25) is 0 Å². The zero-order valence-electron chi connectivity index (χ0n) is 9.74. The van der Waals surface area contributed by atoms with Crippen LogP contribution in [-0.4, -0.2) is 43.4 Å². The van der Waals surface area contributed by atoms with E-state index >= 15 is 0 Å². The van der Waals surface area contributed by atoms with Crippen LogP contribution in [0.25, 0.3) is 0 Å². The Kier molecular flexibility index (Phi) is 5.33. The molecule has 0 saturated carbocycles. The molecule has 1 N–H and O–H groups in total. The third-order valence-corrected chi connectivity index (χ3v) is 3.38. The number of likely N-dealkylation sites (tertiary alicyclic amines) is 1. The summed E-state index contributed by atoms with van der Waals surface area (Å²) in [5, 5.41) is 3.47. The van der Waals surface area contributed by atoms with Gasteiger partial charge in [0.15, 0.2) is 0 Å². The second-order valence-electron chi connectivity index (χ2n) is 4.67. The molecular formula is C11H23ClN2O. The SMILES string of the molecule is CCN1CCC(CC2NC(C)CO2)C1.Cl. The lowest BCUT2D eigenvalue weighted by atomic mass is 10.0. The van der Waals surface area contributed by atoms with Crippen LogP contribution in [0, 0.1) is 5.92 Å². The Morgan fingerprint density at radius 2 is 2.27 bits per heavy atom. The lowest BCUT2D eigenvalue weighted by molar-refractivity contribution is 0.0798. The first-order valence-electron chi connectivity index (χ1n) is 5.88. The quantitative estimate of drug-likeness (QED) is 0.801. The van der Waals surface area contributed by atoms with E-state index in [9.17, 15) is 0 Å². The maximum absolute atomic E-state index is 5.67. The summed E-state index contributed by atoms with van der Waals surface area (Å²) in [6.07, 6.45) is 2.87. The van der Waals surface area contributed by atoms with Gasteiger partial charge < -0.3 is 9.64 Å². The Labute approximate surface area is 99.0 Å². The van der Waals surface area contributed by atoms with E-state index in [2.05, 4.69) is 24.1 Å². The summed E-state index contributed by atoms with van der Waals surface area (Å²) in [7, 11) is 0. The number of hydrogen-bond donors (Lipinski definition) is 1. The van der Waals surface area contributed by atoms with Crippen LogP contribution in [0.2, 0.25) is 0 Å². The number of halogens is 1. The maximum Gasteiger partial charge on any atom is 0.108 e. The molecule has 0 aliphatic carbocycles. The molecule has 15 heavy (non-hydrogen) atoms. The van der Waals surface area contributed by atoms with Gasteiger partial charge in [-0.2, -0.15) is 0 Å². The number of nitrogens with zero attached hydrogens (tertiary/aromatic N) is 1. The van der Waals surface area contributed by atoms with Crippen molar-refractivity contribution in [2.75, 3.05) is 26.2 Å². The first-order chi connectivity index (χ1) is 6.78. The van der Waals surface area contributed by atoms with Gasteiger partial charge in [0, 0.05) is 12.6 Å². The summed E-state index contributed by atoms with van der Waals surface area (Å²) in [6.45, 7) is 9.07. The van der Waals surface area contributed by atoms with E-state index in [0.29, 0.717) is 12.3 Å². The van der Waals surface area contributed by atoms with Crippen LogP contribution >= 0.6 is 12.4 Å². The fourth-order valence-electron chi connectivity index (χ4n) is 2.51. The Morgan fingerprint density at radius 3 is 2.80 bits per heavy atom. The molecule has 2 heterocycles. The predicted octanol–water partition coefficient (Wildman–Crippen LogP) is 1.47. The summed E-state index contributed by atoms with van der Waals surface area (Å²) in [5.41, 5.74) is 0. The Balaban J connectivity index is 0.00000112. The van der Waals surface area contributed by atoms with Crippen molar-refractivity contribution < 1.29 is 4.74 Å². The van der Waals surface area contributed by atoms with E-state index in [4.69, 9.17) is 4.74 Å². The molecule has 2 rings (SSSR count). The van der Waals surface area contributed by atoms with E-state index in [1.165, 1.54) is 32.5 Å². The molecule has 3 atom stereocenters. The molecule has 0 spiro atoms. The molecule has 0 aromatic rings. The van der Waals surface area contributed by atoms with Gasteiger partial charge in [-0.3, -0.25) is 5.32 Å². The van der Waals surface area contributed by atoms with Crippen LogP contribution < -0.4 is 5.32 Å². The maximum atomic E-state index is 5.67. The lowest BCUT2D eigenvalue weighted by Gasteiger charge is -2.16. The molecule has 90 valence electrons. The van der Waals surface area contributed by atoms with Crippen molar-refractivity contribution in [2.45, 2.75) is 39.0 Å². The number of ether oxygens (including phenoxy) is 1. The standard InChI is InChI=1S/C11H22N2O.ClH/c1-3-13-5-4-10(7-13)6-11-12-9(2)8-14-11;/h9-12H,3-8H2,1-2H3;1H. The highest BCUT2D eigenvalue weighted by molar-refractivity contribution is 5.85. The highest BCUT2D eigenvalue weighted by atomic mass is 35.5. The molecule has 0 bridgehead atoms. The summed E-state index contributed by atoms with van der Waals surface area (Å²) < 4.78 is 5.67. The zero-order chi connectivity index (χ0) is 9.97. The van der Waals surface area contributed by atoms with Gasteiger partial charge in [0.1, 0.15) is 6.23 Å². The Hall–Kier alpha value is 0.170. The highest BCUT2D eigenvalue weighted by Gasteiger charge is 2.28. The molecule has 0 amide bonds. The van der Waals surface area contributed by atoms with Crippen molar-refractivity contribution >= 4 is 12.4 Å². The fraction of sp³-hybridized carbons (Fsp3) is 1.00. The van der Waals surface area contributed by atoms with Gasteiger partial charge in [-0.05, 0) is 38.8 Å². The number of rotatable bonds is 3. The van der Waals surface area contributed by atoms with Gasteiger partial charge in [-0.1, -0.05) is 6.92 Å². The minimum Gasteiger partial charge on any atom is -0.362 e. The molecule has 0 aromatic carbocycles. The van der Waals surface area contributed by atoms with Crippen LogP contribution in [0.5, 0.6) is 0 Å². The molecule has 0 radical (unpaired) electrons. The normalized spacial score (nSPS) is 36.8. The summed E-state index contributed by atoms with van der Waals surface area (Å²) in [5.74, 6) is 0.845. The Morgan fingerprint density at radius 1 is 1.47 bits per heavy atom. The van der Waals surface area contributed by atoms with Crippen LogP contribution in [0.1, 0.15) is 26.7 Å². The van der Waals surface area contributed by atoms with E-state index in [1.54, 1.807) is 0 Å². The molecule has 0 aromatic heterocycles. The second kappa shape index (κ2) is 6.04. The molecule has 3 unspecified atom stereocenters. The van der Waals surface area contributed by atoms with Gasteiger partial charge in [-0.25, -0.2) is 0 Å². The molecule has 2 aliphatic rings. The largest absolute Gasteiger partial charge is 0.362 e. The summed E-state index contributed by atoms with van der Waals surface area (Å²) in [4.78, 5) is 2.53. The fourth-order valence-corrected chi connectivity index (χ4v) is 2.51. The third-order valence-electron chi connectivity index (χ3n) is 3.38. The average molecular weight is 235 g/mol. The highest BCUT2D eigenvalue weighted by Crippen LogP contribution is 2.22. The average Bonchev–Trinajstić information content (AvgIpc) is 2.76. The zero-order valence-corrected chi connectivity index (χ0v) is 10.6. The summed E-state index contributed by atoms with van der Waals surface area (Å²) >= 11 is 0. The monoisotopic (exact) mass is 234 g/mol. The second-order valence-corrected chi connectivity index (χ2v) is 4.67. The topological polar surface area (TPSA) is 24.5 Å². The van der Waals surface area contributed by atoms with Gasteiger partial charge in [0.25, 0.3) is 0 Å². The van der Waals surface area contributed by atoms with E-state index < -0.39 is 0 Å². The molecular weight excluding hydrogens is 212 g/mol. The van der Waals surface area contributed by atoms with Crippen LogP contribution in [-0.2, 0) is 4.74 Å². The van der Waals surface area contributed by atoms with Crippen molar-refractivity contribution in [3.8, 4) is 0 Å². The number of hydrogen-bond acceptors (Lipinski definition) is 3. The molecule has 2 saturated heterocycles. The van der Waals surface area contributed by atoms with Gasteiger partial charge in [-0.15, -0.1) is 12.4 Å². The van der Waals surface area contributed by atoms with E-state index in [-0.39, 0.29) is 12.4 Å². The van der Waals surface area contributed by atoms with Crippen LogP contribution in [0.4, 0.5) is 0 Å². The minimum atomic E-state index is 0. The van der Waals surface area contributed by atoms with Crippen molar-refractivity contribution in [3.63, 3.8) is 0 Å². The van der Waals surface area contributed by atoms with Crippen molar-refractivity contribution in [2.24, 2.45) is 5.92 Å².